The van der Waals surface area contributed by atoms with Crippen molar-refractivity contribution in [3.8, 4) is 0 Å². The van der Waals surface area contributed by atoms with Gasteiger partial charge in [-0.15, -0.1) is 0 Å². The fourth-order valence-corrected chi connectivity index (χ4v) is 6.17. The quantitative estimate of drug-likeness (QED) is 0.422. The second-order valence-corrected chi connectivity index (χ2v) is 12.2. The number of likely N-dealkylation sites (tertiary alicyclic amines) is 2. The molecule has 1 aromatic carbocycles. The Kier molecular flexibility index (Phi) is 11.6. The Hall–Kier alpha value is -3.51. The number of nitrogens with one attached hydrogen (secondary N) is 2. The number of carbonyl (C=O) groups is 3. The Morgan fingerprint density at radius 2 is 1.78 bits per heavy atom. The van der Waals surface area contributed by atoms with Gasteiger partial charge in [0.15, 0.2) is 0 Å². The zero-order chi connectivity index (χ0) is 32.6. The van der Waals surface area contributed by atoms with Crippen molar-refractivity contribution >= 4 is 17.7 Å². The number of hydrogen-bond donors (Lipinski definition) is 3. The molecule has 0 spiro atoms. The van der Waals surface area contributed by atoms with E-state index < -0.39 is 23.2 Å². The number of halogens is 3. The Morgan fingerprint density at radius 1 is 1.07 bits per heavy atom. The first-order chi connectivity index (χ1) is 21.4. The summed E-state index contributed by atoms with van der Waals surface area (Å²) in [5, 5.41) is 16.8. The van der Waals surface area contributed by atoms with Crippen LogP contribution in [0.25, 0.3) is 0 Å². The fourth-order valence-electron chi connectivity index (χ4n) is 6.17. The first-order valence-corrected chi connectivity index (χ1v) is 15.8. The van der Waals surface area contributed by atoms with E-state index in [9.17, 15) is 32.7 Å². The summed E-state index contributed by atoms with van der Waals surface area (Å²) in [5.41, 5.74) is 0.0956. The van der Waals surface area contributed by atoms with Crippen LogP contribution in [0.1, 0.15) is 91.4 Å². The van der Waals surface area contributed by atoms with E-state index in [-0.39, 0.29) is 29.8 Å². The number of pyridine rings is 1. The van der Waals surface area contributed by atoms with Crippen molar-refractivity contribution in [2.24, 2.45) is 0 Å². The van der Waals surface area contributed by atoms with E-state index in [0.717, 1.165) is 81.4 Å². The van der Waals surface area contributed by atoms with E-state index in [2.05, 4.69) is 28.6 Å². The lowest BCUT2D eigenvalue weighted by Gasteiger charge is -2.36. The van der Waals surface area contributed by atoms with E-state index in [4.69, 9.17) is 0 Å². The summed E-state index contributed by atoms with van der Waals surface area (Å²) in [5.74, 6) is -0.438. The van der Waals surface area contributed by atoms with Gasteiger partial charge in [0.2, 0.25) is 11.8 Å². The summed E-state index contributed by atoms with van der Waals surface area (Å²) >= 11 is 0. The monoisotopic (exact) mass is 631 g/mol. The van der Waals surface area contributed by atoms with Gasteiger partial charge in [0, 0.05) is 50.9 Å². The molecule has 1 unspecified atom stereocenters. The van der Waals surface area contributed by atoms with Gasteiger partial charge in [-0.1, -0.05) is 19.1 Å². The predicted molar refractivity (Wildman–Crippen MR) is 163 cm³/mol. The van der Waals surface area contributed by atoms with E-state index in [1.54, 1.807) is 9.80 Å². The van der Waals surface area contributed by atoms with E-state index in [0.29, 0.717) is 25.6 Å². The van der Waals surface area contributed by atoms with Crippen LogP contribution in [-0.4, -0.2) is 83.4 Å². The van der Waals surface area contributed by atoms with Crippen molar-refractivity contribution in [1.29, 1.82) is 0 Å². The van der Waals surface area contributed by atoms with Crippen LogP contribution in [0.2, 0.25) is 0 Å². The number of aliphatic hydroxyl groups is 1. The Balaban J connectivity index is 0.000000207. The lowest BCUT2D eigenvalue weighted by Crippen LogP contribution is -2.40. The molecule has 0 bridgehead atoms. The minimum atomic E-state index is -4.50. The van der Waals surface area contributed by atoms with Crippen LogP contribution in [0.15, 0.2) is 42.6 Å². The number of amides is 3. The molecule has 0 radical (unpaired) electrons. The fraction of sp³-hybridized carbons (Fsp3) is 0.576. The van der Waals surface area contributed by atoms with Gasteiger partial charge in [-0.05, 0) is 87.2 Å². The number of benzene rings is 1. The molecule has 9 nitrogen and oxygen atoms in total. The van der Waals surface area contributed by atoms with Gasteiger partial charge in [-0.2, -0.15) is 13.2 Å². The zero-order valence-electron chi connectivity index (χ0n) is 26.0. The average Bonchev–Trinajstić information content (AvgIpc) is 3.58. The third kappa shape index (κ3) is 9.26. The SMILES string of the molecule is CCNC1CCC(O)(c2ccc(C3CCN(C)C(=O)C3)cn2)CC1.O=C(NCC(=O)N1CCCC1)c1cccc(C(F)(F)F)c1. The van der Waals surface area contributed by atoms with Crippen LogP contribution >= 0.6 is 0 Å². The maximum Gasteiger partial charge on any atom is 0.416 e. The van der Waals surface area contributed by atoms with Crippen molar-refractivity contribution in [3.63, 3.8) is 0 Å². The third-order valence-corrected chi connectivity index (χ3v) is 9.01. The molecule has 3 aliphatic rings. The molecule has 2 aromatic rings. The minimum absolute atomic E-state index is 0.112. The molecular weight excluding hydrogens is 587 g/mol. The maximum atomic E-state index is 12.6. The summed E-state index contributed by atoms with van der Waals surface area (Å²) in [6.45, 7) is 5.03. The van der Waals surface area contributed by atoms with Crippen LogP contribution < -0.4 is 10.6 Å². The molecule has 2 saturated heterocycles. The van der Waals surface area contributed by atoms with Crippen molar-refractivity contribution in [3.05, 3.63) is 65.0 Å². The molecule has 5 rings (SSSR count). The zero-order valence-corrected chi connectivity index (χ0v) is 26.0. The molecule has 1 atom stereocenters. The summed E-state index contributed by atoms with van der Waals surface area (Å²) in [6.07, 6.45) is 4.27. The Bertz CT molecular complexity index is 1310. The summed E-state index contributed by atoms with van der Waals surface area (Å²) < 4.78 is 37.7. The van der Waals surface area contributed by atoms with Gasteiger partial charge in [-0.25, -0.2) is 0 Å². The number of carbonyl (C=O) groups excluding carboxylic acids is 3. The summed E-state index contributed by atoms with van der Waals surface area (Å²) in [6, 6.07) is 8.65. The van der Waals surface area contributed by atoms with Gasteiger partial charge in [-0.3, -0.25) is 19.4 Å². The molecule has 12 heteroatoms. The van der Waals surface area contributed by atoms with Gasteiger partial charge >= 0.3 is 6.18 Å². The maximum absolute atomic E-state index is 12.6. The lowest BCUT2D eigenvalue weighted by molar-refractivity contribution is -0.137. The average molecular weight is 632 g/mol. The van der Waals surface area contributed by atoms with Crippen molar-refractivity contribution in [1.82, 2.24) is 25.4 Å². The molecule has 3 amide bonds. The molecule has 1 saturated carbocycles. The second kappa shape index (κ2) is 15.2. The van der Waals surface area contributed by atoms with Crippen molar-refractivity contribution in [2.45, 2.75) is 82.0 Å². The normalized spacial score (nSPS) is 23.7. The van der Waals surface area contributed by atoms with Crippen molar-refractivity contribution < 1.29 is 32.7 Å². The van der Waals surface area contributed by atoms with E-state index in [1.807, 2.05) is 19.3 Å². The molecule has 3 fully saturated rings. The number of alkyl halides is 3. The Morgan fingerprint density at radius 3 is 2.38 bits per heavy atom. The highest BCUT2D eigenvalue weighted by Gasteiger charge is 2.36. The first kappa shape index (κ1) is 34.4. The molecule has 3 N–H and O–H groups in total. The van der Waals surface area contributed by atoms with Crippen LogP contribution in [0.5, 0.6) is 0 Å². The number of hydrogen-bond acceptors (Lipinski definition) is 6. The molecular formula is C33H44F3N5O4. The van der Waals surface area contributed by atoms with Crippen LogP contribution in [0.4, 0.5) is 13.2 Å². The molecule has 2 aliphatic heterocycles. The highest BCUT2D eigenvalue weighted by Crippen LogP contribution is 2.37. The highest BCUT2D eigenvalue weighted by atomic mass is 19.4. The van der Waals surface area contributed by atoms with Gasteiger partial charge in [0.05, 0.1) is 17.8 Å². The highest BCUT2D eigenvalue weighted by molar-refractivity contribution is 5.96. The van der Waals surface area contributed by atoms with Crippen LogP contribution in [0.3, 0.4) is 0 Å². The predicted octanol–water partition coefficient (Wildman–Crippen LogP) is 4.21. The summed E-state index contributed by atoms with van der Waals surface area (Å²) in [4.78, 5) is 43.4. The van der Waals surface area contributed by atoms with E-state index >= 15 is 0 Å². The van der Waals surface area contributed by atoms with Crippen molar-refractivity contribution in [2.75, 3.05) is 39.8 Å². The largest absolute Gasteiger partial charge is 0.416 e. The standard InChI is InChI=1S/C19H29N3O2.C14H15F3N2O2/c1-3-20-16-6-9-19(24,10-7-16)17-5-4-15(13-21-17)14-8-11-22(2)18(23)12-14;15-14(16,17)11-5-3-4-10(8-11)13(21)18-9-12(20)19-6-1-2-7-19/h4-5,13-14,16,20,24H,3,6-12H2,1-2H3;3-5,8H,1-2,6-7,9H2,(H,18,21). The molecule has 246 valence electrons. The minimum Gasteiger partial charge on any atom is -0.384 e. The number of nitrogens with zero attached hydrogens (tertiary/aromatic N) is 3. The van der Waals surface area contributed by atoms with Gasteiger partial charge in [0.25, 0.3) is 5.91 Å². The smallest absolute Gasteiger partial charge is 0.384 e. The lowest BCUT2D eigenvalue weighted by atomic mass is 9.79. The molecule has 3 heterocycles. The molecule has 1 aliphatic carbocycles. The summed E-state index contributed by atoms with van der Waals surface area (Å²) in [7, 11) is 1.86. The first-order valence-electron chi connectivity index (χ1n) is 15.8. The number of aromatic nitrogens is 1. The third-order valence-electron chi connectivity index (χ3n) is 9.01. The molecule has 45 heavy (non-hydrogen) atoms. The van der Waals surface area contributed by atoms with Crippen LogP contribution in [-0.2, 0) is 21.4 Å². The molecule has 1 aromatic heterocycles. The Labute approximate surface area is 262 Å². The second-order valence-electron chi connectivity index (χ2n) is 12.2. The van der Waals surface area contributed by atoms with Crippen LogP contribution in [0, 0.1) is 0 Å². The topological polar surface area (TPSA) is 115 Å². The van der Waals surface area contributed by atoms with Gasteiger partial charge in [0.1, 0.15) is 5.60 Å². The number of piperidine rings is 1. The van der Waals surface area contributed by atoms with E-state index in [1.165, 1.54) is 12.1 Å². The number of rotatable bonds is 7. The van der Waals surface area contributed by atoms with Gasteiger partial charge < -0.3 is 25.5 Å².